The van der Waals surface area contributed by atoms with Crippen LogP contribution in [-0.4, -0.2) is 30.1 Å². The van der Waals surface area contributed by atoms with E-state index in [1.807, 2.05) is 6.92 Å². The number of methoxy groups -OCH3 is 1. The summed E-state index contributed by atoms with van der Waals surface area (Å²) in [6.45, 7) is 2.01. The molecule has 1 atom stereocenters. The Bertz CT molecular complexity index is 352. The Morgan fingerprint density at radius 2 is 1.76 bits per heavy atom. The molecular formula is C17H28O4. The van der Waals surface area contributed by atoms with Gasteiger partial charge in [-0.25, -0.2) is 0 Å². The van der Waals surface area contributed by atoms with Crippen LogP contribution in [0.4, 0.5) is 0 Å². The summed E-state index contributed by atoms with van der Waals surface area (Å²) in [6.07, 6.45) is 6.56. The van der Waals surface area contributed by atoms with Gasteiger partial charge in [-0.3, -0.25) is 9.59 Å². The van der Waals surface area contributed by atoms with E-state index in [4.69, 9.17) is 0 Å². The molecule has 0 aromatic rings. The summed E-state index contributed by atoms with van der Waals surface area (Å²) in [4.78, 5) is 22.5. The molecule has 21 heavy (non-hydrogen) atoms. The molecule has 0 aliphatic rings. The number of rotatable bonds is 11. The minimum Gasteiger partial charge on any atom is -0.469 e. The largest absolute Gasteiger partial charge is 0.469 e. The summed E-state index contributed by atoms with van der Waals surface area (Å²) in [7, 11) is 1.38. The number of carbonyl (C=O) groups is 2. The molecule has 0 aliphatic carbocycles. The lowest BCUT2D eigenvalue weighted by molar-refractivity contribution is -0.140. The van der Waals surface area contributed by atoms with Crippen molar-refractivity contribution in [2.75, 3.05) is 7.11 Å². The van der Waals surface area contributed by atoms with Gasteiger partial charge in [0.05, 0.1) is 7.11 Å². The average Bonchev–Trinajstić information content (AvgIpc) is 2.46. The van der Waals surface area contributed by atoms with Crippen LogP contribution in [0.5, 0.6) is 0 Å². The molecule has 0 amide bonds. The number of hydrogen-bond acceptors (Lipinski definition) is 4. The first-order valence-electron chi connectivity index (χ1n) is 7.85. The maximum atomic E-state index is 11.6. The van der Waals surface area contributed by atoms with Crippen molar-refractivity contribution in [3.63, 3.8) is 0 Å². The van der Waals surface area contributed by atoms with Crippen LogP contribution >= 0.6 is 0 Å². The Labute approximate surface area is 128 Å². The van der Waals surface area contributed by atoms with Crippen LogP contribution < -0.4 is 0 Å². The molecule has 0 spiro atoms. The molecule has 0 aliphatic heterocycles. The number of ketones is 1. The Balaban J connectivity index is 3.48. The lowest BCUT2D eigenvalue weighted by Crippen LogP contribution is -2.01. The first-order valence-corrected chi connectivity index (χ1v) is 7.85. The predicted molar refractivity (Wildman–Crippen MR) is 82.6 cm³/mol. The highest BCUT2D eigenvalue weighted by Crippen LogP contribution is 2.07. The van der Waals surface area contributed by atoms with E-state index in [1.165, 1.54) is 7.11 Å². The molecule has 0 fully saturated rings. The molecule has 0 saturated heterocycles. The summed E-state index contributed by atoms with van der Waals surface area (Å²) < 4.78 is 4.55. The van der Waals surface area contributed by atoms with E-state index in [0.717, 1.165) is 32.1 Å². The topological polar surface area (TPSA) is 63.6 Å². The fourth-order valence-electron chi connectivity index (χ4n) is 1.90. The van der Waals surface area contributed by atoms with Gasteiger partial charge in [-0.05, 0) is 25.7 Å². The number of unbranched alkanes of at least 4 members (excludes halogenated alkanes) is 3. The van der Waals surface area contributed by atoms with E-state index < -0.39 is 6.10 Å². The zero-order valence-corrected chi connectivity index (χ0v) is 13.3. The van der Waals surface area contributed by atoms with Crippen LogP contribution in [0.2, 0.25) is 0 Å². The van der Waals surface area contributed by atoms with Crippen molar-refractivity contribution in [1.29, 1.82) is 0 Å². The minimum absolute atomic E-state index is 0.190. The number of carbonyl (C=O) groups excluding carboxylic acids is 2. The Kier molecular flexibility index (Phi) is 12.8. The summed E-state index contributed by atoms with van der Waals surface area (Å²) >= 11 is 0. The molecule has 0 rings (SSSR count). The van der Waals surface area contributed by atoms with E-state index >= 15 is 0 Å². The summed E-state index contributed by atoms with van der Waals surface area (Å²) in [6, 6.07) is 0. The van der Waals surface area contributed by atoms with Gasteiger partial charge < -0.3 is 9.84 Å². The third-order valence-corrected chi connectivity index (χ3v) is 3.15. The molecule has 0 unspecified atom stereocenters. The van der Waals surface area contributed by atoms with E-state index in [2.05, 4.69) is 16.6 Å². The first-order chi connectivity index (χ1) is 10.1. The molecule has 4 heteroatoms. The second-order valence-corrected chi connectivity index (χ2v) is 5.15. The maximum Gasteiger partial charge on any atom is 0.305 e. The van der Waals surface area contributed by atoms with Crippen molar-refractivity contribution in [3.8, 4) is 11.8 Å². The van der Waals surface area contributed by atoms with Crippen LogP contribution in [0.3, 0.4) is 0 Å². The van der Waals surface area contributed by atoms with Gasteiger partial charge >= 0.3 is 5.97 Å². The number of aliphatic hydroxyl groups is 1. The Morgan fingerprint density at radius 3 is 2.43 bits per heavy atom. The van der Waals surface area contributed by atoms with Crippen LogP contribution in [0.15, 0.2) is 0 Å². The molecule has 0 aromatic heterocycles. The maximum absolute atomic E-state index is 11.6. The number of hydrogen-bond donors (Lipinski definition) is 1. The Morgan fingerprint density at radius 1 is 1.10 bits per heavy atom. The van der Waals surface area contributed by atoms with E-state index in [9.17, 15) is 14.7 Å². The molecule has 0 saturated carbocycles. The van der Waals surface area contributed by atoms with Gasteiger partial charge in [-0.15, -0.1) is 5.92 Å². The SMILES string of the molecule is CCC[C@H](O)C#CCCCC(=O)CCCCCC(=O)OC. The van der Waals surface area contributed by atoms with Crippen LogP contribution in [0.25, 0.3) is 0 Å². The second kappa shape index (κ2) is 13.6. The number of ether oxygens (including phenoxy) is 1. The monoisotopic (exact) mass is 296 g/mol. The van der Waals surface area contributed by atoms with E-state index in [0.29, 0.717) is 32.1 Å². The fourth-order valence-corrected chi connectivity index (χ4v) is 1.90. The first kappa shape index (κ1) is 19.7. The van der Waals surface area contributed by atoms with Crippen LogP contribution in [-0.2, 0) is 14.3 Å². The second-order valence-electron chi connectivity index (χ2n) is 5.15. The molecule has 0 radical (unpaired) electrons. The van der Waals surface area contributed by atoms with Gasteiger partial charge in [0, 0.05) is 25.7 Å². The van der Waals surface area contributed by atoms with Crippen molar-refractivity contribution in [1.82, 2.24) is 0 Å². The van der Waals surface area contributed by atoms with Crippen molar-refractivity contribution in [2.45, 2.75) is 77.2 Å². The van der Waals surface area contributed by atoms with Gasteiger partial charge in [-0.1, -0.05) is 25.7 Å². The van der Waals surface area contributed by atoms with Crippen LogP contribution in [0, 0.1) is 11.8 Å². The summed E-state index contributed by atoms with van der Waals surface area (Å²) in [5.74, 6) is 5.76. The van der Waals surface area contributed by atoms with Gasteiger partial charge in [0.25, 0.3) is 0 Å². The molecule has 0 bridgehead atoms. The zero-order valence-electron chi connectivity index (χ0n) is 13.3. The zero-order chi connectivity index (χ0) is 15.9. The predicted octanol–water partition coefficient (Wildman–Crippen LogP) is 3.01. The highest BCUT2D eigenvalue weighted by atomic mass is 16.5. The summed E-state index contributed by atoms with van der Waals surface area (Å²) in [5.41, 5.74) is 0. The molecule has 1 N–H and O–H groups in total. The van der Waals surface area contributed by atoms with Crippen LogP contribution in [0.1, 0.15) is 71.1 Å². The molecule has 0 aromatic carbocycles. The molecular weight excluding hydrogens is 268 g/mol. The third kappa shape index (κ3) is 13.4. The van der Waals surface area contributed by atoms with Gasteiger partial charge in [0.15, 0.2) is 0 Å². The molecule has 120 valence electrons. The molecule has 4 nitrogen and oxygen atoms in total. The lowest BCUT2D eigenvalue weighted by atomic mass is 10.1. The van der Waals surface area contributed by atoms with E-state index in [-0.39, 0.29) is 11.8 Å². The molecule has 0 heterocycles. The van der Waals surface area contributed by atoms with Crippen molar-refractivity contribution in [3.05, 3.63) is 0 Å². The van der Waals surface area contributed by atoms with Gasteiger partial charge in [0.2, 0.25) is 0 Å². The third-order valence-electron chi connectivity index (χ3n) is 3.15. The van der Waals surface area contributed by atoms with Gasteiger partial charge in [0.1, 0.15) is 11.9 Å². The standard InChI is InChI=1S/C17H28O4/c1-3-10-15(18)11-6-4-7-12-16(19)13-8-5-9-14-17(20)21-2/h15,18H,3-5,7-10,12-14H2,1-2H3/t15-/m0/s1. The van der Waals surface area contributed by atoms with Crippen molar-refractivity contribution < 1.29 is 19.4 Å². The normalized spacial score (nSPS) is 11.4. The smallest absolute Gasteiger partial charge is 0.305 e. The minimum atomic E-state index is -0.527. The average molecular weight is 296 g/mol. The number of Topliss-reactive ketones (excluding diaryl/α,β-unsaturated/α-hetero) is 1. The summed E-state index contributed by atoms with van der Waals surface area (Å²) in [5, 5.41) is 9.41. The van der Waals surface area contributed by atoms with Crippen molar-refractivity contribution in [2.24, 2.45) is 0 Å². The Hall–Kier alpha value is -1.34. The number of esters is 1. The van der Waals surface area contributed by atoms with Crippen molar-refractivity contribution >= 4 is 11.8 Å². The van der Waals surface area contributed by atoms with E-state index in [1.54, 1.807) is 0 Å². The van der Waals surface area contributed by atoms with Gasteiger partial charge in [-0.2, -0.15) is 0 Å². The lowest BCUT2D eigenvalue weighted by Gasteiger charge is -2.01. The fraction of sp³-hybridized carbons (Fsp3) is 0.765. The quantitative estimate of drug-likeness (QED) is 0.362. The number of aliphatic hydroxyl groups excluding tert-OH is 1. The highest BCUT2D eigenvalue weighted by molar-refractivity contribution is 5.78. The highest BCUT2D eigenvalue weighted by Gasteiger charge is 2.03.